The molecule has 0 spiro atoms. The highest BCUT2D eigenvalue weighted by atomic mass is 35.5. The zero-order valence-corrected chi connectivity index (χ0v) is 12.3. The molecule has 0 bridgehead atoms. The smallest absolute Gasteiger partial charge is 0.341 e. The molecule has 2 aromatic rings. The number of ketones is 1. The molecule has 0 unspecified atom stereocenters. The van der Waals surface area contributed by atoms with Gasteiger partial charge in [-0.25, -0.2) is 4.79 Å². The van der Waals surface area contributed by atoms with Crippen LogP contribution >= 0.6 is 34.5 Å². The zero-order valence-electron chi connectivity index (χ0n) is 9.93. The van der Waals surface area contributed by atoms with Gasteiger partial charge in [-0.15, -0.1) is 11.3 Å². The number of benzene rings is 1. The molecule has 0 aliphatic heterocycles. The third-order valence-corrected chi connectivity index (χ3v) is 4.04. The van der Waals surface area contributed by atoms with E-state index in [9.17, 15) is 9.59 Å². The summed E-state index contributed by atoms with van der Waals surface area (Å²) in [5.41, 5.74) is 0.183. The second-order valence-electron chi connectivity index (χ2n) is 3.73. The molecule has 1 heterocycles. The van der Waals surface area contributed by atoms with Crippen LogP contribution in [0.5, 0.6) is 5.75 Å². The van der Waals surface area contributed by atoms with Crippen molar-refractivity contribution in [2.45, 2.75) is 0 Å². The maximum Gasteiger partial charge on any atom is 0.341 e. The number of hydrogen-bond donors (Lipinski definition) is 1. The first-order valence-corrected chi connectivity index (χ1v) is 7.05. The van der Waals surface area contributed by atoms with Gasteiger partial charge in [0.05, 0.1) is 15.5 Å². The summed E-state index contributed by atoms with van der Waals surface area (Å²) >= 11 is 13.1. The van der Waals surface area contributed by atoms with Crippen LogP contribution < -0.4 is 4.74 Å². The van der Waals surface area contributed by atoms with E-state index in [-0.39, 0.29) is 27.1 Å². The number of carbonyl (C=O) groups is 2. The van der Waals surface area contributed by atoms with Crippen molar-refractivity contribution in [3.05, 3.63) is 50.1 Å². The molecule has 20 heavy (non-hydrogen) atoms. The number of carboxylic acid groups (broad SMARTS) is 1. The lowest BCUT2D eigenvalue weighted by molar-refractivity contribution is -0.139. The quantitative estimate of drug-likeness (QED) is 0.848. The minimum atomic E-state index is -1.17. The van der Waals surface area contributed by atoms with Crippen LogP contribution in [0.2, 0.25) is 10.0 Å². The SMILES string of the molecule is O=C(O)COc1c(C(=O)c2cccs2)ccc(Cl)c1Cl. The Morgan fingerprint density at radius 3 is 2.60 bits per heavy atom. The van der Waals surface area contributed by atoms with Gasteiger partial charge in [0.15, 0.2) is 12.4 Å². The van der Waals surface area contributed by atoms with E-state index in [0.29, 0.717) is 4.88 Å². The molecule has 0 saturated heterocycles. The Hall–Kier alpha value is -1.56. The molecule has 1 aromatic heterocycles. The van der Waals surface area contributed by atoms with Crippen LogP contribution in [-0.4, -0.2) is 23.5 Å². The van der Waals surface area contributed by atoms with Crippen molar-refractivity contribution in [2.24, 2.45) is 0 Å². The number of halogens is 2. The number of carboxylic acids is 1. The third kappa shape index (κ3) is 3.12. The lowest BCUT2D eigenvalue weighted by Gasteiger charge is -2.11. The van der Waals surface area contributed by atoms with E-state index in [0.717, 1.165) is 0 Å². The summed E-state index contributed by atoms with van der Waals surface area (Å²) in [5, 5.41) is 10.6. The molecule has 1 aromatic carbocycles. The minimum absolute atomic E-state index is 0.0139. The van der Waals surface area contributed by atoms with Crippen molar-refractivity contribution in [3.63, 3.8) is 0 Å². The Balaban J connectivity index is 2.44. The average molecular weight is 331 g/mol. The van der Waals surface area contributed by atoms with Crippen LogP contribution in [0.4, 0.5) is 0 Å². The van der Waals surface area contributed by atoms with Crippen LogP contribution in [0, 0.1) is 0 Å². The molecule has 0 atom stereocenters. The highest BCUT2D eigenvalue weighted by Crippen LogP contribution is 2.36. The van der Waals surface area contributed by atoms with Crippen LogP contribution in [0.25, 0.3) is 0 Å². The molecule has 2 rings (SSSR count). The summed E-state index contributed by atoms with van der Waals surface area (Å²) < 4.78 is 5.10. The first-order valence-electron chi connectivity index (χ1n) is 5.41. The largest absolute Gasteiger partial charge is 0.480 e. The molecular weight excluding hydrogens is 323 g/mol. The second kappa shape index (κ2) is 6.26. The first kappa shape index (κ1) is 14.8. The highest BCUT2D eigenvalue weighted by molar-refractivity contribution is 7.12. The molecular formula is C13H8Cl2O4S. The van der Waals surface area contributed by atoms with Gasteiger partial charge in [-0.05, 0) is 23.6 Å². The van der Waals surface area contributed by atoms with E-state index in [1.165, 1.54) is 23.5 Å². The fraction of sp³-hybridized carbons (Fsp3) is 0.0769. The van der Waals surface area contributed by atoms with Crippen molar-refractivity contribution in [2.75, 3.05) is 6.61 Å². The molecule has 104 valence electrons. The van der Waals surface area contributed by atoms with E-state index < -0.39 is 12.6 Å². The van der Waals surface area contributed by atoms with E-state index in [1.807, 2.05) is 0 Å². The van der Waals surface area contributed by atoms with Crippen molar-refractivity contribution in [1.29, 1.82) is 0 Å². The first-order chi connectivity index (χ1) is 9.50. The summed E-state index contributed by atoms with van der Waals surface area (Å²) in [5.74, 6) is -1.48. The average Bonchev–Trinajstić information content (AvgIpc) is 2.93. The summed E-state index contributed by atoms with van der Waals surface area (Å²) in [6.45, 7) is -0.606. The topological polar surface area (TPSA) is 63.6 Å². The Labute approximate surface area is 128 Å². The van der Waals surface area contributed by atoms with Gasteiger partial charge in [0.1, 0.15) is 5.02 Å². The van der Waals surface area contributed by atoms with Gasteiger partial charge in [-0.2, -0.15) is 0 Å². The predicted octanol–water partition coefficient (Wildman–Crippen LogP) is 3.75. The van der Waals surface area contributed by atoms with Crippen LogP contribution in [0.15, 0.2) is 29.6 Å². The molecule has 0 aliphatic rings. The highest BCUT2D eigenvalue weighted by Gasteiger charge is 2.20. The van der Waals surface area contributed by atoms with Crippen LogP contribution in [0.3, 0.4) is 0 Å². The van der Waals surface area contributed by atoms with Gasteiger partial charge in [-0.1, -0.05) is 29.3 Å². The van der Waals surface area contributed by atoms with Gasteiger partial charge in [0, 0.05) is 0 Å². The minimum Gasteiger partial charge on any atom is -0.480 e. The van der Waals surface area contributed by atoms with Crippen molar-refractivity contribution < 1.29 is 19.4 Å². The number of thiophene rings is 1. The normalized spacial score (nSPS) is 10.3. The standard InChI is InChI=1S/C13H8Cl2O4S/c14-8-4-3-7(12(18)9-2-1-5-20-9)13(11(8)15)19-6-10(16)17/h1-5H,6H2,(H,16,17). The molecule has 0 radical (unpaired) electrons. The molecule has 0 amide bonds. The second-order valence-corrected chi connectivity index (χ2v) is 5.46. The lowest BCUT2D eigenvalue weighted by atomic mass is 10.1. The van der Waals surface area contributed by atoms with Gasteiger partial charge in [-0.3, -0.25) is 4.79 Å². The van der Waals surface area contributed by atoms with E-state index in [4.69, 9.17) is 33.0 Å². The Bertz CT molecular complexity index is 653. The van der Waals surface area contributed by atoms with E-state index in [2.05, 4.69) is 0 Å². The predicted molar refractivity (Wildman–Crippen MR) is 77.3 cm³/mol. The van der Waals surface area contributed by atoms with Crippen LogP contribution in [-0.2, 0) is 4.79 Å². The van der Waals surface area contributed by atoms with Crippen molar-refractivity contribution >= 4 is 46.3 Å². The molecule has 0 aliphatic carbocycles. The fourth-order valence-electron chi connectivity index (χ4n) is 1.53. The maximum atomic E-state index is 12.3. The Morgan fingerprint density at radius 2 is 2.00 bits per heavy atom. The van der Waals surface area contributed by atoms with E-state index >= 15 is 0 Å². The molecule has 0 fully saturated rings. The molecule has 0 saturated carbocycles. The molecule has 7 heteroatoms. The number of ether oxygens (including phenoxy) is 1. The van der Waals surface area contributed by atoms with Gasteiger partial charge in [0.25, 0.3) is 0 Å². The number of carbonyl (C=O) groups excluding carboxylic acids is 1. The number of hydrogen-bond acceptors (Lipinski definition) is 4. The summed E-state index contributed by atoms with van der Waals surface area (Å²) in [6, 6.07) is 6.34. The van der Waals surface area contributed by atoms with Crippen molar-refractivity contribution in [3.8, 4) is 5.75 Å². The Morgan fingerprint density at radius 1 is 1.25 bits per heavy atom. The zero-order chi connectivity index (χ0) is 14.7. The Kier molecular flexibility index (Phi) is 4.65. The number of rotatable bonds is 5. The van der Waals surface area contributed by atoms with Crippen molar-refractivity contribution in [1.82, 2.24) is 0 Å². The monoisotopic (exact) mass is 330 g/mol. The molecule has 4 nitrogen and oxygen atoms in total. The molecule has 1 N–H and O–H groups in total. The van der Waals surface area contributed by atoms with Gasteiger partial charge < -0.3 is 9.84 Å². The lowest BCUT2D eigenvalue weighted by Crippen LogP contribution is -2.12. The maximum absolute atomic E-state index is 12.3. The van der Waals surface area contributed by atoms with Gasteiger partial charge in [0.2, 0.25) is 5.78 Å². The number of aliphatic carboxylic acids is 1. The van der Waals surface area contributed by atoms with Crippen LogP contribution in [0.1, 0.15) is 15.2 Å². The van der Waals surface area contributed by atoms with Gasteiger partial charge >= 0.3 is 5.97 Å². The summed E-state index contributed by atoms with van der Waals surface area (Å²) in [4.78, 5) is 23.4. The summed E-state index contributed by atoms with van der Waals surface area (Å²) in [6.07, 6.45) is 0. The summed E-state index contributed by atoms with van der Waals surface area (Å²) in [7, 11) is 0. The fourth-order valence-corrected chi connectivity index (χ4v) is 2.57. The van der Waals surface area contributed by atoms with E-state index in [1.54, 1.807) is 17.5 Å². The third-order valence-electron chi connectivity index (χ3n) is 2.38.